The van der Waals surface area contributed by atoms with Crippen molar-refractivity contribution in [3.05, 3.63) is 370 Å². The van der Waals surface area contributed by atoms with E-state index in [0.717, 1.165) is 134 Å². The van der Waals surface area contributed by atoms with Gasteiger partial charge in [-0.15, -0.1) is 0 Å². The molecule has 476 valence electrons. The first-order chi connectivity index (χ1) is 46.6. The maximum absolute atomic E-state index is 2.31. The summed E-state index contributed by atoms with van der Waals surface area (Å²) in [7, 11) is 25.1. The molecule has 0 radical (unpaired) electrons. The molecular formula is C90H86N6. The van der Waals surface area contributed by atoms with Crippen LogP contribution in [-0.4, -0.2) is 84.6 Å². The molecule has 0 amide bonds. The minimum atomic E-state index is 1.12. The molecule has 0 saturated carbocycles. The average Bonchev–Trinajstić information content (AvgIpc) is 0.797. The maximum atomic E-state index is 2.31. The highest BCUT2D eigenvalue weighted by atomic mass is 15.1. The maximum Gasteiger partial charge on any atom is 0.0361 e. The minimum absolute atomic E-state index is 1.12. The van der Waals surface area contributed by atoms with Crippen LogP contribution in [0.15, 0.2) is 303 Å². The van der Waals surface area contributed by atoms with Crippen molar-refractivity contribution in [3.63, 3.8) is 0 Å². The highest BCUT2D eigenvalue weighted by Gasteiger charge is 2.22. The standard InChI is InChI=1S/C90H86N6/c1-91(2)79-51-39-73(40-52-79)88(74-41-53-80(54-42-74)92(3)4)85(67-19-15-13-16-20-67)69-31-23-63(24-32-69)65-27-35-71(36-28-65)87(90(77-47-59-83(60-48-77)95(9)10)78-49-61-84(62-50-78)96(11)12)72-37-29-66(30-38-72)64-25-33-70(34-26-64)86(68-21-17-14-18-22-68)89(75-43-55-81(56-44-75)93(5)6)76-45-57-82(58-46-76)94(7)8/h13-62H,1-12H3. The first-order valence-electron chi connectivity index (χ1n) is 33.0. The summed E-state index contributed by atoms with van der Waals surface area (Å²) >= 11 is 0. The van der Waals surface area contributed by atoms with E-state index in [-0.39, 0.29) is 0 Å². The van der Waals surface area contributed by atoms with Crippen LogP contribution in [0.1, 0.15) is 66.8 Å². The third-order valence-corrected chi connectivity index (χ3v) is 18.3. The molecule has 0 aliphatic rings. The second kappa shape index (κ2) is 28.9. The number of benzene rings is 12. The zero-order valence-corrected chi connectivity index (χ0v) is 57.6. The van der Waals surface area contributed by atoms with Gasteiger partial charge in [0.05, 0.1) is 0 Å². The third kappa shape index (κ3) is 14.3. The van der Waals surface area contributed by atoms with Gasteiger partial charge in [0.25, 0.3) is 0 Å². The van der Waals surface area contributed by atoms with E-state index in [2.05, 4.69) is 417 Å². The molecule has 0 aromatic heterocycles. The fraction of sp³-hybridized carbons (Fsp3) is 0.133. The van der Waals surface area contributed by atoms with E-state index in [9.17, 15) is 0 Å². The summed E-state index contributed by atoms with van der Waals surface area (Å²) < 4.78 is 0. The van der Waals surface area contributed by atoms with Crippen molar-refractivity contribution < 1.29 is 0 Å². The molecule has 0 N–H and O–H groups in total. The molecule has 12 rings (SSSR count). The molecule has 0 bridgehead atoms. The Kier molecular flexibility index (Phi) is 19.5. The fourth-order valence-corrected chi connectivity index (χ4v) is 12.8. The Labute approximate surface area is 570 Å². The van der Waals surface area contributed by atoms with Gasteiger partial charge in [0, 0.05) is 119 Å². The van der Waals surface area contributed by atoms with Crippen LogP contribution in [0.4, 0.5) is 34.1 Å². The van der Waals surface area contributed by atoms with Crippen LogP contribution in [0.25, 0.3) is 55.7 Å². The fourth-order valence-electron chi connectivity index (χ4n) is 12.8. The number of rotatable bonds is 20. The van der Waals surface area contributed by atoms with Gasteiger partial charge in [-0.2, -0.15) is 0 Å². The lowest BCUT2D eigenvalue weighted by molar-refractivity contribution is 1.13. The Bertz CT molecular complexity index is 4250. The van der Waals surface area contributed by atoms with Gasteiger partial charge < -0.3 is 29.4 Å². The molecule has 0 heterocycles. The monoisotopic (exact) mass is 1250 g/mol. The summed E-state index contributed by atoms with van der Waals surface area (Å²) in [5.41, 5.74) is 32.3. The molecule has 0 aliphatic carbocycles. The van der Waals surface area contributed by atoms with Gasteiger partial charge in [0.15, 0.2) is 0 Å². The number of nitrogens with zero attached hydrogens (tertiary/aromatic N) is 6. The van der Waals surface area contributed by atoms with Crippen LogP contribution in [0.5, 0.6) is 0 Å². The van der Waals surface area contributed by atoms with Crippen molar-refractivity contribution >= 4 is 67.6 Å². The number of anilines is 6. The van der Waals surface area contributed by atoms with E-state index < -0.39 is 0 Å². The summed E-state index contributed by atoms with van der Waals surface area (Å²) in [5.74, 6) is 0. The van der Waals surface area contributed by atoms with Crippen LogP contribution in [0, 0.1) is 0 Å². The van der Waals surface area contributed by atoms with Crippen LogP contribution in [-0.2, 0) is 0 Å². The quantitative estimate of drug-likeness (QED) is 0.0704. The normalized spacial score (nSPS) is 10.9. The smallest absolute Gasteiger partial charge is 0.0361 e. The third-order valence-electron chi connectivity index (χ3n) is 18.3. The second-order valence-electron chi connectivity index (χ2n) is 25.9. The Balaban J connectivity index is 0.958. The average molecular weight is 1250 g/mol. The molecule has 0 fully saturated rings. The van der Waals surface area contributed by atoms with Crippen molar-refractivity contribution in [2.24, 2.45) is 0 Å². The molecule has 6 heteroatoms. The lowest BCUT2D eigenvalue weighted by atomic mass is 9.84. The van der Waals surface area contributed by atoms with Crippen LogP contribution in [0.3, 0.4) is 0 Å². The largest absolute Gasteiger partial charge is 0.378 e. The van der Waals surface area contributed by atoms with Gasteiger partial charge >= 0.3 is 0 Å². The van der Waals surface area contributed by atoms with E-state index in [1.54, 1.807) is 0 Å². The molecule has 96 heavy (non-hydrogen) atoms. The molecule has 12 aromatic rings. The zero-order valence-electron chi connectivity index (χ0n) is 57.6. The van der Waals surface area contributed by atoms with E-state index in [1.807, 2.05) is 0 Å². The molecule has 0 saturated heterocycles. The lowest BCUT2D eigenvalue weighted by Crippen LogP contribution is -2.09. The van der Waals surface area contributed by atoms with Gasteiger partial charge in [-0.05, 0) is 195 Å². The Morgan fingerprint density at radius 2 is 0.250 bits per heavy atom. The second-order valence-corrected chi connectivity index (χ2v) is 25.9. The molecule has 0 spiro atoms. The van der Waals surface area contributed by atoms with Crippen LogP contribution in [0.2, 0.25) is 0 Å². The molecule has 0 unspecified atom stereocenters. The minimum Gasteiger partial charge on any atom is -0.378 e. The zero-order chi connectivity index (χ0) is 67.0. The van der Waals surface area contributed by atoms with Crippen LogP contribution >= 0.6 is 0 Å². The van der Waals surface area contributed by atoms with Crippen LogP contribution < -0.4 is 29.4 Å². The summed E-state index contributed by atoms with van der Waals surface area (Å²) in [6, 6.07) is 112. The Hall–Kier alpha value is -11.3. The first kappa shape index (κ1) is 64.8. The highest BCUT2D eigenvalue weighted by Crippen LogP contribution is 2.43. The van der Waals surface area contributed by atoms with Crippen molar-refractivity contribution in [1.29, 1.82) is 0 Å². The van der Waals surface area contributed by atoms with Crippen molar-refractivity contribution in [2.75, 3.05) is 114 Å². The Morgan fingerprint density at radius 3 is 0.375 bits per heavy atom. The molecular weight excluding hydrogens is 1170 g/mol. The van der Waals surface area contributed by atoms with Gasteiger partial charge in [0.1, 0.15) is 0 Å². The lowest BCUT2D eigenvalue weighted by Gasteiger charge is -2.21. The topological polar surface area (TPSA) is 19.4 Å². The summed E-state index contributed by atoms with van der Waals surface area (Å²) in [5, 5.41) is 0. The predicted octanol–water partition coefficient (Wildman–Crippen LogP) is 20.4. The summed E-state index contributed by atoms with van der Waals surface area (Å²) in [4.78, 5) is 12.9. The number of hydrogen-bond acceptors (Lipinski definition) is 6. The van der Waals surface area contributed by atoms with E-state index in [0.29, 0.717) is 0 Å². The van der Waals surface area contributed by atoms with Crippen molar-refractivity contribution in [3.8, 4) is 22.3 Å². The van der Waals surface area contributed by atoms with E-state index in [1.165, 1.54) is 22.3 Å². The SMILES string of the molecule is CN(C)c1ccc(C(=C(c2ccccc2)c2ccc(-c3ccc(C(=C(c4ccc(N(C)C)cc4)c4ccc(N(C)C)cc4)c4ccc(-c5ccc(C(=C(c6ccc(N(C)C)cc6)c6ccc(N(C)C)cc6)c6ccccc6)cc5)cc4)cc3)cc2)c2ccc(N(C)C)cc2)cc1. The molecule has 12 aromatic carbocycles. The Morgan fingerprint density at radius 1 is 0.135 bits per heavy atom. The van der Waals surface area contributed by atoms with E-state index >= 15 is 0 Å². The van der Waals surface area contributed by atoms with Crippen molar-refractivity contribution in [1.82, 2.24) is 0 Å². The molecule has 0 aliphatic heterocycles. The van der Waals surface area contributed by atoms with Gasteiger partial charge in [-0.25, -0.2) is 0 Å². The highest BCUT2D eigenvalue weighted by molar-refractivity contribution is 6.08. The van der Waals surface area contributed by atoms with E-state index in [4.69, 9.17) is 0 Å². The van der Waals surface area contributed by atoms with Crippen molar-refractivity contribution in [2.45, 2.75) is 0 Å². The number of hydrogen-bond donors (Lipinski definition) is 0. The van der Waals surface area contributed by atoms with Gasteiger partial charge in [0.2, 0.25) is 0 Å². The van der Waals surface area contributed by atoms with Gasteiger partial charge in [-0.1, -0.05) is 231 Å². The summed E-state index contributed by atoms with van der Waals surface area (Å²) in [6.07, 6.45) is 0. The molecule has 6 nitrogen and oxygen atoms in total. The first-order valence-corrected chi connectivity index (χ1v) is 33.0. The predicted molar refractivity (Wildman–Crippen MR) is 416 cm³/mol. The summed E-state index contributed by atoms with van der Waals surface area (Å²) in [6.45, 7) is 0. The van der Waals surface area contributed by atoms with Gasteiger partial charge in [-0.3, -0.25) is 0 Å². The molecule has 0 atom stereocenters.